The van der Waals surface area contributed by atoms with E-state index in [1.807, 2.05) is 0 Å². The third kappa shape index (κ3) is 1.81. The Kier molecular flexibility index (Phi) is 2.31. The SMILES string of the molecule is O=[N+]([O-])c1cc(S)ccc1[S-]. The summed E-state index contributed by atoms with van der Waals surface area (Å²) in [7, 11) is 0. The second kappa shape index (κ2) is 3.06. The predicted octanol–water partition coefficient (Wildman–Crippen LogP) is 1.79. The Hall–Kier alpha value is -0.810. The van der Waals surface area contributed by atoms with Gasteiger partial charge in [0.1, 0.15) is 0 Å². The number of hydrogen-bond donors (Lipinski definition) is 1. The largest absolute Gasteiger partial charge is 0.773 e. The highest BCUT2D eigenvalue weighted by Gasteiger charge is 2.04. The minimum atomic E-state index is -0.512. The monoisotopic (exact) mass is 186 g/mol. The molecule has 11 heavy (non-hydrogen) atoms. The molecule has 0 unspecified atom stereocenters. The maximum Gasteiger partial charge on any atom is 0.251 e. The van der Waals surface area contributed by atoms with Crippen LogP contribution < -0.4 is 0 Å². The molecule has 0 aliphatic rings. The summed E-state index contributed by atoms with van der Waals surface area (Å²) in [5, 5.41) is 10.3. The molecule has 0 spiro atoms. The molecule has 0 N–H and O–H groups in total. The minimum absolute atomic E-state index is 0.0625. The first kappa shape index (κ1) is 8.29. The molecule has 0 saturated heterocycles. The third-order valence-electron chi connectivity index (χ3n) is 1.14. The summed E-state index contributed by atoms with van der Waals surface area (Å²) in [5.74, 6) is 0. The first-order valence-corrected chi connectivity index (χ1v) is 3.61. The second-order valence-corrected chi connectivity index (χ2v) is 2.87. The molecule has 1 aromatic carbocycles. The number of nitrogens with zero attached hydrogens (tertiary/aromatic N) is 1. The van der Waals surface area contributed by atoms with Gasteiger partial charge in [-0.3, -0.25) is 10.1 Å². The molecule has 1 aromatic rings. The highest BCUT2D eigenvalue weighted by Crippen LogP contribution is 2.21. The van der Waals surface area contributed by atoms with E-state index in [2.05, 4.69) is 12.6 Å². The van der Waals surface area contributed by atoms with Gasteiger partial charge in [-0.2, -0.15) is 0 Å². The van der Waals surface area contributed by atoms with Crippen molar-refractivity contribution in [2.45, 2.75) is 9.79 Å². The zero-order chi connectivity index (χ0) is 8.43. The van der Waals surface area contributed by atoms with E-state index in [-0.39, 0.29) is 10.6 Å². The van der Waals surface area contributed by atoms with E-state index in [1.165, 1.54) is 12.1 Å². The van der Waals surface area contributed by atoms with E-state index < -0.39 is 4.92 Å². The molecule has 0 aliphatic heterocycles. The van der Waals surface area contributed by atoms with E-state index in [0.29, 0.717) is 4.90 Å². The quantitative estimate of drug-likeness (QED) is 0.315. The number of nitro groups is 1. The van der Waals surface area contributed by atoms with Crippen molar-refractivity contribution in [2.75, 3.05) is 0 Å². The lowest BCUT2D eigenvalue weighted by molar-refractivity contribution is -0.387. The van der Waals surface area contributed by atoms with Gasteiger partial charge in [0.25, 0.3) is 5.69 Å². The lowest BCUT2D eigenvalue weighted by Gasteiger charge is -2.05. The molecule has 0 atom stereocenters. The van der Waals surface area contributed by atoms with Gasteiger partial charge in [-0.05, 0) is 6.07 Å². The average molecular weight is 186 g/mol. The fourth-order valence-corrected chi connectivity index (χ4v) is 1.05. The van der Waals surface area contributed by atoms with Crippen molar-refractivity contribution in [3.63, 3.8) is 0 Å². The maximum absolute atomic E-state index is 10.3. The van der Waals surface area contributed by atoms with Crippen molar-refractivity contribution in [3.8, 4) is 0 Å². The normalized spacial score (nSPS) is 9.55. The predicted molar refractivity (Wildman–Crippen MR) is 46.0 cm³/mol. The topological polar surface area (TPSA) is 43.1 Å². The van der Waals surface area contributed by atoms with Crippen LogP contribution >= 0.6 is 12.6 Å². The van der Waals surface area contributed by atoms with Crippen LogP contribution in [-0.4, -0.2) is 4.92 Å². The third-order valence-corrected chi connectivity index (χ3v) is 1.76. The number of thiol groups is 1. The van der Waals surface area contributed by atoms with Crippen LogP contribution in [0, 0.1) is 10.1 Å². The molecule has 0 aliphatic carbocycles. The molecule has 3 nitrogen and oxygen atoms in total. The standard InChI is InChI=1S/C6H5NO2S2/c8-7(9)5-3-4(10)1-2-6(5)11/h1-3,10-11H/p-1. The number of hydrogen-bond acceptors (Lipinski definition) is 4. The number of benzene rings is 1. The van der Waals surface area contributed by atoms with E-state index in [0.717, 1.165) is 0 Å². The van der Waals surface area contributed by atoms with Gasteiger partial charge in [0, 0.05) is 11.0 Å². The summed E-state index contributed by atoms with van der Waals surface area (Å²) in [4.78, 5) is 10.6. The summed E-state index contributed by atoms with van der Waals surface area (Å²) in [5.41, 5.74) is -0.0625. The van der Waals surface area contributed by atoms with Gasteiger partial charge in [0.2, 0.25) is 0 Å². The summed E-state index contributed by atoms with van der Waals surface area (Å²) in [6.07, 6.45) is 0. The Morgan fingerprint density at radius 1 is 1.55 bits per heavy atom. The Morgan fingerprint density at radius 3 is 2.64 bits per heavy atom. The van der Waals surface area contributed by atoms with E-state index in [4.69, 9.17) is 12.6 Å². The lowest BCUT2D eigenvalue weighted by atomic mass is 10.3. The summed E-state index contributed by atoms with van der Waals surface area (Å²) in [6.45, 7) is 0. The average Bonchev–Trinajstić information content (AvgIpc) is 1.94. The lowest BCUT2D eigenvalue weighted by Crippen LogP contribution is -1.90. The summed E-state index contributed by atoms with van der Waals surface area (Å²) < 4.78 is 0. The molecule has 0 bridgehead atoms. The fraction of sp³-hybridized carbons (Fsp3) is 0. The van der Waals surface area contributed by atoms with Crippen molar-refractivity contribution in [3.05, 3.63) is 28.3 Å². The second-order valence-electron chi connectivity index (χ2n) is 1.91. The van der Waals surface area contributed by atoms with Crippen molar-refractivity contribution >= 4 is 30.9 Å². The maximum atomic E-state index is 10.3. The highest BCUT2D eigenvalue weighted by atomic mass is 32.1. The van der Waals surface area contributed by atoms with Gasteiger partial charge in [-0.25, -0.2) is 0 Å². The first-order valence-electron chi connectivity index (χ1n) is 2.75. The van der Waals surface area contributed by atoms with Gasteiger partial charge in [-0.1, -0.05) is 11.0 Å². The molecule has 0 radical (unpaired) electrons. The van der Waals surface area contributed by atoms with Crippen LogP contribution in [0.15, 0.2) is 28.0 Å². The Bertz CT molecular complexity index is 301. The molecule has 0 aromatic heterocycles. The van der Waals surface area contributed by atoms with Crippen LogP contribution in [0.25, 0.3) is 0 Å². The smallest absolute Gasteiger partial charge is 0.251 e. The summed E-state index contributed by atoms with van der Waals surface area (Å²) >= 11 is 8.66. The van der Waals surface area contributed by atoms with Gasteiger partial charge >= 0.3 is 0 Å². The van der Waals surface area contributed by atoms with Crippen LogP contribution in [0.1, 0.15) is 0 Å². The van der Waals surface area contributed by atoms with Gasteiger partial charge < -0.3 is 12.6 Å². The first-order chi connectivity index (χ1) is 5.11. The zero-order valence-electron chi connectivity index (χ0n) is 5.35. The molecule has 0 saturated carbocycles. The van der Waals surface area contributed by atoms with Crippen LogP contribution in [0.5, 0.6) is 0 Å². The van der Waals surface area contributed by atoms with E-state index >= 15 is 0 Å². The van der Waals surface area contributed by atoms with Crippen LogP contribution in [-0.2, 0) is 12.6 Å². The number of rotatable bonds is 1. The molecule has 1 rings (SSSR count). The molecule has 0 amide bonds. The molecule has 5 heteroatoms. The molecular formula is C6H4NO2S2-. The van der Waals surface area contributed by atoms with E-state index in [1.54, 1.807) is 6.07 Å². The van der Waals surface area contributed by atoms with Crippen molar-refractivity contribution in [1.29, 1.82) is 0 Å². The van der Waals surface area contributed by atoms with Crippen LogP contribution in [0.3, 0.4) is 0 Å². The fourth-order valence-electron chi connectivity index (χ4n) is 0.648. The van der Waals surface area contributed by atoms with Crippen molar-refractivity contribution < 1.29 is 4.92 Å². The number of nitro benzene ring substituents is 1. The Labute approximate surface area is 74.4 Å². The van der Waals surface area contributed by atoms with Gasteiger partial charge in [0.05, 0.1) is 4.92 Å². The van der Waals surface area contributed by atoms with Crippen molar-refractivity contribution in [2.24, 2.45) is 0 Å². The molecule has 0 heterocycles. The summed E-state index contributed by atoms with van der Waals surface area (Å²) in [6, 6.07) is 4.46. The molecular weight excluding hydrogens is 182 g/mol. The van der Waals surface area contributed by atoms with Gasteiger partial charge in [-0.15, -0.1) is 12.6 Å². The molecule has 58 valence electrons. The highest BCUT2D eigenvalue weighted by molar-refractivity contribution is 7.80. The van der Waals surface area contributed by atoms with Crippen LogP contribution in [0.4, 0.5) is 5.69 Å². The zero-order valence-corrected chi connectivity index (χ0v) is 7.06. The van der Waals surface area contributed by atoms with E-state index in [9.17, 15) is 10.1 Å². The van der Waals surface area contributed by atoms with Crippen LogP contribution in [0.2, 0.25) is 0 Å². The Morgan fingerprint density at radius 2 is 2.18 bits per heavy atom. The minimum Gasteiger partial charge on any atom is -0.773 e. The molecule has 0 fully saturated rings. The van der Waals surface area contributed by atoms with Gasteiger partial charge in [0.15, 0.2) is 0 Å². The Balaban J connectivity index is 3.23. The van der Waals surface area contributed by atoms with Crippen molar-refractivity contribution in [1.82, 2.24) is 0 Å².